The van der Waals surface area contributed by atoms with E-state index in [-0.39, 0.29) is 0 Å². The molecule has 0 aliphatic heterocycles. The van der Waals surface area contributed by atoms with Crippen molar-refractivity contribution in [1.29, 1.82) is 0 Å². The molecule has 24 rings (SSSR count). The van der Waals surface area contributed by atoms with Crippen LogP contribution in [0.4, 0.5) is 0 Å². The summed E-state index contributed by atoms with van der Waals surface area (Å²) in [6, 6.07) is 136. The minimum Gasteiger partial charge on any atom is -0.236 e. The van der Waals surface area contributed by atoms with Crippen LogP contribution in [-0.4, -0.2) is 59.8 Å². The molecular formula is C111H72N12. The maximum Gasteiger partial charge on any atom is 0.160 e. The van der Waals surface area contributed by atoms with E-state index in [2.05, 4.69) is 283 Å². The van der Waals surface area contributed by atoms with E-state index in [1.165, 1.54) is 55.6 Å². The Bertz CT molecular complexity index is 7610. The summed E-state index contributed by atoms with van der Waals surface area (Å²) in [4.78, 5) is 59.8. The van der Waals surface area contributed by atoms with E-state index in [9.17, 15) is 0 Å². The molecule has 123 heavy (non-hydrogen) atoms. The summed E-state index contributed by atoms with van der Waals surface area (Å²) in [5.74, 6) is 3.58. The second-order valence-electron chi connectivity index (χ2n) is 30.9. The predicted octanol–water partition coefficient (Wildman–Crippen LogP) is 26.0. The molecule has 0 atom stereocenters. The normalized spacial score (nSPS) is 11.8. The molecular weight excluding hydrogens is 1500 g/mol. The lowest BCUT2D eigenvalue weighted by atomic mass is 10.0. The summed E-state index contributed by atoms with van der Waals surface area (Å²) in [6.07, 6.45) is 4.16. The third-order valence-corrected chi connectivity index (χ3v) is 23.3. The first-order chi connectivity index (χ1) is 60.9. The van der Waals surface area contributed by atoms with E-state index in [4.69, 9.17) is 49.8 Å². The summed E-state index contributed by atoms with van der Waals surface area (Å²) in [5, 5.41) is 3.12. The molecule has 0 unspecified atom stereocenters. The number of benzene rings is 15. The lowest BCUT2D eigenvalue weighted by molar-refractivity contribution is 1.13. The van der Waals surface area contributed by atoms with Crippen molar-refractivity contribution in [3.05, 3.63) is 434 Å². The van der Waals surface area contributed by atoms with Crippen molar-refractivity contribution in [2.75, 3.05) is 0 Å². The fraction of sp³-hybridized carbons (Fsp3) is 0.0270. The van der Waals surface area contributed by atoms with Crippen LogP contribution in [0.1, 0.15) is 33.4 Å². The second-order valence-corrected chi connectivity index (χ2v) is 30.9. The highest BCUT2D eigenvalue weighted by atomic mass is 14.9. The Morgan fingerprint density at radius 2 is 0.407 bits per heavy atom. The minimum atomic E-state index is 0.696. The van der Waals surface area contributed by atoms with Crippen LogP contribution < -0.4 is 0 Å². The van der Waals surface area contributed by atoms with Gasteiger partial charge in [-0.15, -0.1) is 0 Å². The zero-order valence-electron chi connectivity index (χ0n) is 66.6. The first kappa shape index (κ1) is 73.0. The molecule has 6 aromatic heterocycles. The molecule has 0 N–H and O–H groups in total. The molecule has 21 aromatic rings. The van der Waals surface area contributed by atoms with Crippen LogP contribution in [0.15, 0.2) is 401 Å². The average molecular weight is 1570 g/mol. The molecule has 3 aliphatic carbocycles. The van der Waals surface area contributed by atoms with Gasteiger partial charge in [0.25, 0.3) is 0 Å². The third kappa shape index (κ3) is 14.1. The predicted molar refractivity (Wildman–Crippen MR) is 495 cm³/mol. The number of rotatable bonds is 12. The van der Waals surface area contributed by atoms with E-state index in [1.807, 2.05) is 121 Å². The standard InChI is InChI=1S/3C37H24N4/c1-3-12-24(13-4-1)33-30-20-9-10-21-32(30)38-37(39-33)28-18-11-17-27(22-28)34-31-23-26-16-7-8-19-29(26)35(31)41-36(40-34)25-14-5-2-6-15-25;1-3-11-24(12-4-1)33-30-17-9-10-18-32(30)38-36(39-33)27-21-19-25(20-22-27)34-31-23-28-15-7-8-16-29(28)35(31)41-37(40-34)26-13-5-2-6-14-26;1-2-8-24(9-3-1)25-14-16-27(17-15-25)35-31-12-6-7-13-33(31)40-37(41-35)28-20-18-26(19-21-28)34-32-22-29-10-4-5-11-30(29)36(32)39-23-38-34/h2*1-22H,23H2;1-21,23H,22H2. The molecule has 0 saturated heterocycles. The molecule has 6 heterocycles. The van der Waals surface area contributed by atoms with Crippen LogP contribution in [-0.2, 0) is 19.3 Å². The molecule has 0 fully saturated rings. The lowest BCUT2D eigenvalue weighted by Crippen LogP contribution is -2.00. The summed E-state index contributed by atoms with van der Waals surface area (Å²) in [7, 11) is 0. The van der Waals surface area contributed by atoms with Crippen molar-refractivity contribution in [3.8, 4) is 169 Å². The van der Waals surface area contributed by atoms with Crippen LogP contribution in [0, 0.1) is 0 Å². The van der Waals surface area contributed by atoms with Gasteiger partial charge >= 0.3 is 0 Å². The number of hydrogen-bond acceptors (Lipinski definition) is 12. The van der Waals surface area contributed by atoms with Crippen LogP contribution in [0.25, 0.3) is 202 Å². The van der Waals surface area contributed by atoms with Gasteiger partial charge in [-0.1, -0.05) is 370 Å². The number of hydrogen-bond donors (Lipinski definition) is 0. The monoisotopic (exact) mass is 1570 g/mol. The van der Waals surface area contributed by atoms with Crippen LogP contribution in [0.2, 0.25) is 0 Å². The highest BCUT2D eigenvalue weighted by Crippen LogP contribution is 2.46. The van der Waals surface area contributed by atoms with E-state index < -0.39 is 0 Å². The van der Waals surface area contributed by atoms with Gasteiger partial charge in [-0.3, -0.25) is 0 Å². The van der Waals surface area contributed by atoms with Gasteiger partial charge in [0.2, 0.25) is 0 Å². The van der Waals surface area contributed by atoms with Gasteiger partial charge in [-0.25, -0.2) is 59.8 Å². The Kier molecular flexibility index (Phi) is 18.9. The molecule has 576 valence electrons. The van der Waals surface area contributed by atoms with Crippen LogP contribution >= 0.6 is 0 Å². The first-order valence-electron chi connectivity index (χ1n) is 41.4. The number of fused-ring (bicyclic) bond motifs is 12. The SMILES string of the molecule is c1ccc(-c2ccc(-c3nc(-c4ccc(-c5ncnc6c5Cc5ccccc5-6)cc4)nc4ccccc34)cc2)cc1.c1ccc(-c2nc(-c3ccc(-c4nc(-c5ccccc5)c5ccccc5n4)cc3)c3c(n2)-c2ccccc2C3)cc1.c1ccc(-c2nc(-c3cccc(-c4nc(-c5ccccc5)c5ccccc5n4)c3)c3c(n2)-c2ccccc2C3)cc1. The maximum atomic E-state index is 5.17. The molecule has 0 saturated carbocycles. The molecule has 0 bridgehead atoms. The van der Waals surface area contributed by atoms with Gasteiger partial charge in [-0.05, 0) is 52.1 Å². The Morgan fingerprint density at radius 1 is 0.154 bits per heavy atom. The molecule has 15 aromatic carbocycles. The van der Waals surface area contributed by atoms with Crippen molar-refractivity contribution in [1.82, 2.24) is 59.8 Å². The van der Waals surface area contributed by atoms with Crippen LogP contribution in [0.5, 0.6) is 0 Å². The van der Waals surface area contributed by atoms with Crippen molar-refractivity contribution in [2.45, 2.75) is 19.3 Å². The molecule has 12 heteroatoms. The highest BCUT2D eigenvalue weighted by Gasteiger charge is 2.30. The summed E-state index contributed by atoms with van der Waals surface area (Å²) in [6.45, 7) is 0. The average Bonchev–Trinajstić information content (AvgIpc) is 1.66. The molecule has 0 spiro atoms. The maximum absolute atomic E-state index is 5.17. The van der Waals surface area contributed by atoms with E-state index in [0.717, 1.165) is 182 Å². The molecule has 0 amide bonds. The van der Waals surface area contributed by atoms with Crippen molar-refractivity contribution in [2.24, 2.45) is 0 Å². The fourth-order valence-electron chi connectivity index (χ4n) is 17.3. The topological polar surface area (TPSA) is 155 Å². The number of nitrogens with zero attached hydrogens (tertiary/aromatic N) is 12. The smallest absolute Gasteiger partial charge is 0.160 e. The Balaban J connectivity index is 0.000000110. The summed E-state index contributed by atoms with van der Waals surface area (Å²) >= 11 is 0. The second kappa shape index (κ2) is 31.8. The quantitative estimate of drug-likeness (QED) is 0.114. The van der Waals surface area contributed by atoms with E-state index in [0.29, 0.717) is 17.5 Å². The van der Waals surface area contributed by atoms with E-state index in [1.54, 1.807) is 6.33 Å². The first-order valence-corrected chi connectivity index (χ1v) is 41.4. The summed E-state index contributed by atoms with van der Waals surface area (Å²) in [5.41, 5.74) is 36.2. The lowest BCUT2D eigenvalue weighted by Gasteiger charge is -2.13. The fourth-order valence-corrected chi connectivity index (χ4v) is 17.3. The zero-order chi connectivity index (χ0) is 81.5. The Morgan fingerprint density at radius 3 is 0.846 bits per heavy atom. The van der Waals surface area contributed by atoms with Crippen molar-refractivity contribution in [3.63, 3.8) is 0 Å². The largest absolute Gasteiger partial charge is 0.236 e. The summed E-state index contributed by atoms with van der Waals surface area (Å²) < 4.78 is 0. The van der Waals surface area contributed by atoms with Crippen molar-refractivity contribution < 1.29 is 0 Å². The van der Waals surface area contributed by atoms with Gasteiger partial charge in [-0.2, -0.15) is 0 Å². The third-order valence-electron chi connectivity index (χ3n) is 23.3. The molecule has 0 radical (unpaired) electrons. The minimum absolute atomic E-state index is 0.696. The van der Waals surface area contributed by atoms with Gasteiger partial charge < -0.3 is 0 Å². The molecule has 12 nitrogen and oxygen atoms in total. The highest BCUT2D eigenvalue weighted by molar-refractivity contribution is 5.97. The molecule has 3 aliphatic rings. The Hall–Kier alpha value is -16.4. The van der Waals surface area contributed by atoms with Gasteiger partial charge in [0.05, 0.1) is 67.8 Å². The van der Waals surface area contributed by atoms with Gasteiger partial charge in [0.15, 0.2) is 29.1 Å². The zero-order valence-corrected chi connectivity index (χ0v) is 66.6. The van der Waals surface area contributed by atoms with E-state index >= 15 is 0 Å². The van der Waals surface area contributed by atoms with Crippen molar-refractivity contribution >= 4 is 32.7 Å². The number of para-hydroxylation sites is 3. The van der Waals surface area contributed by atoms with Crippen LogP contribution in [0.3, 0.4) is 0 Å². The van der Waals surface area contributed by atoms with Gasteiger partial charge in [0.1, 0.15) is 6.33 Å². The Labute approximate surface area is 710 Å². The van der Waals surface area contributed by atoms with Gasteiger partial charge in [0, 0.05) is 130 Å². The number of aromatic nitrogens is 12.